The molecule has 1 heterocycles. The average molecular weight is 225 g/mol. The van der Waals surface area contributed by atoms with Gasteiger partial charge in [-0.15, -0.1) is 0 Å². The van der Waals surface area contributed by atoms with Crippen LogP contribution in [0.4, 0.5) is 0 Å². The number of carbonyl (C=O) groups is 1. The van der Waals surface area contributed by atoms with Gasteiger partial charge in [-0.05, 0) is 39.2 Å². The van der Waals surface area contributed by atoms with E-state index in [-0.39, 0.29) is 0 Å². The molecule has 0 aliphatic carbocycles. The first kappa shape index (κ1) is 13.7. The molecule has 1 rings (SSSR count). The molecule has 0 spiro atoms. The van der Waals surface area contributed by atoms with Gasteiger partial charge in [0.15, 0.2) is 0 Å². The zero-order chi connectivity index (χ0) is 12.0. The maximum atomic E-state index is 11.3. The molecule has 1 aliphatic heterocycles. The second-order valence-corrected chi connectivity index (χ2v) is 5.12. The van der Waals surface area contributed by atoms with Crippen LogP contribution in [0.15, 0.2) is 0 Å². The maximum Gasteiger partial charge on any atom is 0.131 e. The summed E-state index contributed by atoms with van der Waals surface area (Å²) >= 11 is 0. The molecule has 1 fully saturated rings. The molecule has 0 aromatic heterocycles. The smallest absolute Gasteiger partial charge is 0.131 e. The largest absolute Gasteiger partial charge is 0.300 e. The Hall–Kier alpha value is -0.370. The highest BCUT2D eigenvalue weighted by atomic mass is 16.1. The number of ketones is 1. The summed E-state index contributed by atoms with van der Waals surface area (Å²) in [6, 6.07) is 1.20. The summed E-state index contributed by atoms with van der Waals surface area (Å²) in [6.45, 7) is 7.47. The highest BCUT2D eigenvalue weighted by molar-refractivity contribution is 5.76. The summed E-state index contributed by atoms with van der Waals surface area (Å²) in [7, 11) is 0. The molecule has 1 atom stereocenters. The first-order chi connectivity index (χ1) is 7.69. The average Bonchev–Trinajstić information content (AvgIpc) is 2.46. The first-order valence-electron chi connectivity index (χ1n) is 6.94. The SMILES string of the molecule is CCC(CC)N1CCCCCC1CC(C)=O. The van der Waals surface area contributed by atoms with Gasteiger partial charge in [0.2, 0.25) is 0 Å². The van der Waals surface area contributed by atoms with E-state index in [9.17, 15) is 4.79 Å². The molecular formula is C14H27NO. The van der Waals surface area contributed by atoms with Crippen molar-refractivity contribution in [1.82, 2.24) is 4.90 Å². The van der Waals surface area contributed by atoms with E-state index >= 15 is 0 Å². The van der Waals surface area contributed by atoms with Crippen LogP contribution in [0.3, 0.4) is 0 Å². The zero-order valence-electron chi connectivity index (χ0n) is 11.2. The number of nitrogens with zero attached hydrogens (tertiary/aromatic N) is 1. The molecule has 0 saturated carbocycles. The number of likely N-dealkylation sites (tertiary alicyclic amines) is 1. The van der Waals surface area contributed by atoms with Crippen molar-refractivity contribution in [2.75, 3.05) is 6.54 Å². The molecule has 2 heteroatoms. The molecule has 0 N–H and O–H groups in total. The Labute approximate surface area is 100 Å². The molecule has 0 bridgehead atoms. The second-order valence-electron chi connectivity index (χ2n) is 5.12. The molecule has 0 aromatic rings. The van der Waals surface area contributed by atoms with Gasteiger partial charge in [-0.2, -0.15) is 0 Å². The Kier molecular flexibility index (Phi) is 6.04. The molecule has 0 amide bonds. The van der Waals surface area contributed by atoms with Crippen LogP contribution in [0.5, 0.6) is 0 Å². The number of rotatable bonds is 5. The van der Waals surface area contributed by atoms with Gasteiger partial charge in [0.05, 0.1) is 0 Å². The lowest BCUT2D eigenvalue weighted by atomic mass is 10.0. The summed E-state index contributed by atoms with van der Waals surface area (Å²) in [4.78, 5) is 14.0. The third-order valence-corrected chi connectivity index (χ3v) is 3.86. The van der Waals surface area contributed by atoms with Gasteiger partial charge in [0, 0.05) is 18.5 Å². The first-order valence-corrected chi connectivity index (χ1v) is 6.94. The van der Waals surface area contributed by atoms with E-state index in [0.29, 0.717) is 17.9 Å². The molecule has 1 saturated heterocycles. The Bertz CT molecular complexity index is 211. The Morgan fingerprint density at radius 2 is 1.94 bits per heavy atom. The quantitative estimate of drug-likeness (QED) is 0.714. The number of hydrogen-bond acceptors (Lipinski definition) is 2. The van der Waals surface area contributed by atoms with E-state index in [0.717, 1.165) is 6.42 Å². The highest BCUT2D eigenvalue weighted by Crippen LogP contribution is 2.24. The number of carbonyl (C=O) groups excluding carboxylic acids is 1. The predicted octanol–water partition coefficient (Wildman–Crippen LogP) is 3.40. The lowest BCUT2D eigenvalue weighted by Crippen LogP contribution is -2.43. The molecule has 0 radical (unpaired) electrons. The van der Waals surface area contributed by atoms with Crippen molar-refractivity contribution < 1.29 is 4.79 Å². The summed E-state index contributed by atoms with van der Waals surface area (Å²) in [6.07, 6.45) is 8.35. The molecule has 2 nitrogen and oxygen atoms in total. The van der Waals surface area contributed by atoms with Gasteiger partial charge in [-0.3, -0.25) is 9.69 Å². The summed E-state index contributed by atoms with van der Waals surface area (Å²) in [5, 5.41) is 0. The molecule has 1 unspecified atom stereocenters. The third kappa shape index (κ3) is 3.89. The van der Waals surface area contributed by atoms with Crippen molar-refractivity contribution in [3.8, 4) is 0 Å². The summed E-state index contributed by atoms with van der Waals surface area (Å²) in [5.74, 6) is 0.350. The van der Waals surface area contributed by atoms with E-state index in [2.05, 4.69) is 18.7 Å². The molecular weight excluding hydrogens is 198 g/mol. The lowest BCUT2D eigenvalue weighted by molar-refractivity contribution is -0.118. The van der Waals surface area contributed by atoms with E-state index in [1.807, 2.05) is 0 Å². The third-order valence-electron chi connectivity index (χ3n) is 3.86. The topological polar surface area (TPSA) is 20.3 Å². The molecule has 16 heavy (non-hydrogen) atoms. The molecule has 1 aliphatic rings. The van der Waals surface area contributed by atoms with Gasteiger partial charge in [-0.1, -0.05) is 26.7 Å². The van der Waals surface area contributed by atoms with Gasteiger partial charge < -0.3 is 0 Å². The van der Waals surface area contributed by atoms with Crippen molar-refractivity contribution in [3.05, 3.63) is 0 Å². The molecule has 94 valence electrons. The highest BCUT2D eigenvalue weighted by Gasteiger charge is 2.26. The van der Waals surface area contributed by atoms with Crippen molar-refractivity contribution >= 4 is 5.78 Å². The van der Waals surface area contributed by atoms with Crippen molar-refractivity contribution in [2.24, 2.45) is 0 Å². The van der Waals surface area contributed by atoms with Crippen LogP contribution in [0.1, 0.15) is 65.7 Å². The minimum Gasteiger partial charge on any atom is -0.300 e. The monoisotopic (exact) mass is 225 g/mol. The Morgan fingerprint density at radius 3 is 2.50 bits per heavy atom. The predicted molar refractivity (Wildman–Crippen MR) is 68.6 cm³/mol. The van der Waals surface area contributed by atoms with Crippen LogP contribution in [0.25, 0.3) is 0 Å². The Morgan fingerprint density at radius 1 is 1.25 bits per heavy atom. The Balaban J connectivity index is 2.67. The lowest BCUT2D eigenvalue weighted by Gasteiger charge is -2.36. The van der Waals surface area contributed by atoms with Gasteiger partial charge in [-0.25, -0.2) is 0 Å². The van der Waals surface area contributed by atoms with Crippen LogP contribution in [-0.4, -0.2) is 29.3 Å². The fourth-order valence-electron chi connectivity index (χ4n) is 2.99. The summed E-state index contributed by atoms with van der Waals surface area (Å²) < 4.78 is 0. The van der Waals surface area contributed by atoms with E-state index in [1.165, 1.54) is 45.1 Å². The van der Waals surface area contributed by atoms with Crippen LogP contribution >= 0.6 is 0 Å². The fourth-order valence-corrected chi connectivity index (χ4v) is 2.99. The van der Waals surface area contributed by atoms with Gasteiger partial charge in [0.1, 0.15) is 5.78 Å². The van der Waals surface area contributed by atoms with Crippen molar-refractivity contribution in [3.63, 3.8) is 0 Å². The van der Waals surface area contributed by atoms with Crippen LogP contribution in [0.2, 0.25) is 0 Å². The van der Waals surface area contributed by atoms with Gasteiger partial charge in [0.25, 0.3) is 0 Å². The summed E-state index contributed by atoms with van der Waals surface area (Å²) in [5.41, 5.74) is 0. The second kappa shape index (κ2) is 7.05. The number of hydrogen-bond donors (Lipinski definition) is 0. The van der Waals surface area contributed by atoms with Crippen LogP contribution < -0.4 is 0 Å². The van der Waals surface area contributed by atoms with Gasteiger partial charge >= 0.3 is 0 Å². The van der Waals surface area contributed by atoms with E-state index in [4.69, 9.17) is 0 Å². The zero-order valence-corrected chi connectivity index (χ0v) is 11.2. The minimum absolute atomic E-state index is 0.350. The fraction of sp³-hybridized carbons (Fsp3) is 0.929. The normalized spacial score (nSPS) is 23.4. The van der Waals surface area contributed by atoms with Crippen molar-refractivity contribution in [2.45, 2.75) is 77.8 Å². The van der Waals surface area contributed by atoms with E-state index < -0.39 is 0 Å². The van der Waals surface area contributed by atoms with Crippen LogP contribution in [0, 0.1) is 0 Å². The van der Waals surface area contributed by atoms with E-state index in [1.54, 1.807) is 6.92 Å². The van der Waals surface area contributed by atoms with Crippen molar-refractivity contribution in [1.29, 1.82) is 0 Å². The van der Waals surface area contributed by atoms with Crippen LogP contribution in [-0.2, 0) is 4.79 Å². The maximum absolute atomic E-state index is 11.3. The molecule has 0 aromatic carbocycles. The standard InChI is InChI=1S/C14H27NO/c1-4-13(5-2)15-10-8-6-7-9-14(15)11-12(3)16/h13-14H,4-11H2,1-3H3. The number of Topliss-reactive ketones (excluding diaryl/α,β-unsaturated/α-hetero) is 1. The minimum atomic E-state index is 0.350.